The summed E-state index contributed by atoms with van der Waals surface area (Å²) in [5.74, 6) is 0.940. The van der Waals surface area contributed by atoms with Crippen molar-refractivity contribution in [3.8, 4) is 0 Å². The predicted octanol–water partition coefficient (Wildman–Crippen LogP) is 13.8. The van der Waals surface area contributed by atoms with Crippen LogP contribution in [0.5, 0.6) is 0 Å². The summed E-state index contributed by atoms with van der Waals surface area (Å²) < 4.78 is 0. The Balaban J connectivity index is 0. The van der Waals surface area contributed by atoms with Crippen molar-refractivity contribution in [1.82, 2.24) is 0 Å². The number of rotatable bonds is 29. The average molecular weight is 592 g/mol. The van der Waals surface area contributed by atoms with Crippen molar-refractivity contribution in [2.24, 2.45) is 5.92 Å². The van der Waals surface area contributed by atoms with E-state index in [0.717, 1.165) is 5.92 Å². The minimum absolute atomic E-state index is 0. The second kappa shape index (κ2) is 30.5. The van der Waals surface area contributed by atoms with Gasteiger partial charge < -0.3 is 0 Å². The van der Waals surface area contributed by atoms with Gasteiger partial charge in [-0.25, -0.2) is 0 Å². The van der Waals surface area contributed by atoms with Gasteiger partial charge in [-0.3, -0.25) is 0 Å². The van der Waals surface area contributed by atoms with E-state index in [1.165, 1.54) is 180 Å². The van der Waals surface area contributed by atoms with Gasteiger partial charge in [-0.1, -0.05) is 182 Å². The van der Waals surface area contributed by atoms with Crippen LogP contribution in [0.3, 0.4) is 0 Å². The molecule has 0 aromatic heterocycles. The Morgan fingerprint density at radius 2 is 0.639 bits per heavy atom. The highest BCUT2D eigenvalue weighted by Crippen LogP contribution is 2.44. The van der Waals surface area contributed by atoms with Gasteiger partial charge in [0, 0.05) is 0 Å². The molecule has 0 N–H and O–H groups in total. The smallest absolute Gasteiger partial charge is 0.0122 e. The fourth-order valence-electron chi connectivity index (χ4n) is 6.06. The summed E-state index contributed by atoms with van der Waals surface area (Å²) in [6.45, 7) is 9.37. The lowest BCUT2D eigenvalue weighted by molar-refractivity contribution is 0.270. The zero-order chi connectivity index (χ0) is 25.9. The highest BCUT2D eigenvalue weighted by atomic mass is 79.9. The Bertz CT molecular complexity index is 385. The van der Waals surface area contributed by atoms with E-state index in [-0.39, 0.29) is 17.0 Å². The molecule has 0 amide bonds. The summed E-state index contributed by atoms with van der Waals surface area (Å²) in [5.41, 5.74) is 0. The van der Waals surface area contributed by atoms with Gasteiger partial charge in [0.2, 0.25) is 0 Å². The van der Waals surface area contributed by atoms with Gasteiger partial charge in [0.25, 0.3) is 0 Å². The fraction of sp³-hybridized carbons (Fsp3) is 1.00. The van der Waals surface area contributed by atoms with Crippen LogP contribution in [0.1, 0.15) is 207 Å². The van der Waals surface area contributed by atoms with Crippen molar-refractivity contribution in [2.75, 3.05) is 0 Å². The predicted molar refractivity (Wildman–Crippen MR) is 178 cm³/mol. The molecule has 0 fully saturated rings. The summed E-state index contributed by atoms with van der Waals surface area (Å²) in [4.78, 5) is 0. The molecule has 0 spiro atoms. The molecule has 0 saturated carbocycles. The normalized spacial score (nSPS) is 12.6. The minimum atomic E-state index is 0. The lowest BCUT2D eigenvalue weighted by atomic mass is 9.77. The molecule has 220 valence electrons. The van der Waals surface area contributed by atoms with Gasteiger partial charge in [0.15, 0.2) is 0 Å². The number of hydrogen-bond donors (Lipinski definition) is 0. The van der Waals surface area contributed by atoms with Crippen LogP contribution in [0.4, 0.5) is 0 Å². The Morgan fingerprint density at radius 3 is 0.972 bits per heavy atom. The molecular weight excluding hydrogens is 519 g/mol. The number of unbranched alkanes of at least 4 members (excludes halogenated alkanes) is 20. The van der Waals surface area contributed by atoms with Crippen LogP contribution in [-0.2, 0) is 0 Å². The first-order valence-electron chi connectivity index (χ1n) is 16.9. The van der Waals surface area contributed by atoms with Crippen LogP contribution in [0.25, 0.3) is 0 Å². The first-order chi connectivity index (χ1) is 17.1. The monoisotopic (exact) mass is 590 g/mol. The summed E-state index contributed by atoms with van der Waals surface area (Å²) >= 11 is 0. The third kappa shape index (κ3) is 24.0. The maximum absolute atomic E-state index is 3.49. The molecule has 0 bridgehead atoms. The molecule has 0 saturated heterocycles. The van der Waals surface area contributed by atoms with Gasteiger partial charge in [0.05, 0.1) is 0 Å². The third-order valence-electron chi connectivity index (χ3n) is 8.62. The second-order valence-corrected chi connectivity index (χ2v) is 13.2. The van der Waals surface area contributed by atoms with Crippen molar-refractivity contribution in [2.45, 2.75) is 213 Å². The first kappa shape index (κ1) is 39.1. The largest absolute Gasteiger partial charge is 0.131 e. The van der Waals surface area contributed by atoms with Crippen molar-refractivity contribution in [1.29, 1.82) is 0 Å². The van der Waals surface area contributed by atoms with Crippen molar-refractivity contribution >= 4 is 26.2 Å². The van der Waals surface area contributed by atoms with Gasteiger partial charge in [0.1, 0.15) is 0 Å². The van der Waals surface area contributed by atoms with Crippen LogP contribution < -0.4 is 0 Å². The maximum atomic E-state index is 3.49. The van der Waals surface area contributed by atoms with E-state index in [1.807, 2.05) is 0 Å². The summed E-state index contributed by atoms with van der Waals surface area (Å²) in [5, 5.41) is 0.519. The molecule has 0 rings (SSSR count). The average Bonchev–Trinajstić information content (AvgIpc) is 2.86. The molecule has 2 unspecified atom stereocenters. The molecule has 0 heterocycles. The highest BCUT2D eigenvalue weighted by molar-refractivity contribution is 8.93. The lowest BCUT2D eigenvalue weighted by Crippen LogP contribution is -2.32. The summed E-state index contributed by atoms with van der Waals surface area (Å²) in [6.07, 6.45) is 40.6. The molecule has 0 aliphatic rings. The van der Waals surface area contributed by atoms with Gasteiger partial charge in [-0.2, -0.15) is 0 Å². The van der Waals surface area contributed by atoms with E-state index < -0.39 is 0 Å². The van der Waals surface area contributed by atoms with E-state index in [0.29, 0.717) is 5.16 Å². The number of halogens is 1. The van der Waals surface area contributed by atoms with Crippen molar-refractivity contribution in [3.05, 3.63) is 0 Å². The highest BCUT2D eigenvalue weighted by Gasteiger charge is 2.32. The van der Waals surface area contributed by atoms with E-state index in [2.05, 4.69) is 36.9 Å². The van der Waals surface area contributed by atoms with Crippen molar-refractivity contribution in [3.63, 3.8) is 0 Å². The van der Waals surface area contributed by atoms with Crippen LogP contribution in [-0.4, -0.2) is 5.16 Å². The quantitative estimate of drug-likeness (QED) is 0.0599. The Morgan fingerprint density at radius 1 is 0.389 bits per heavy atom. The van der Waals surface area contributed by atoms with Gasteiger partial charge >= 0.3 is 0 Å². The van der Waals surface area contributed by atoms with Gasteiger partial charge in [-0.15, -0.1) is 26.2 Å². The maximum Gasteiger partial charge on any atom is -0.0122 e. The Kier molecular flexibility index (Phi) is 33.0. The van der Waals surface area contributed by atoms with E-state index >= 15 is 0 Å². The van der Waals surface area contributed by atoms with E-state index in [4.69, 9.17) is 0 Å². The Hall–Kier alpha value is 0.910. The third-order valence-corrected chi connectivity index (χ3v) is 9.67. The molecule has 36 heavy (non-hydrogen) atoms. The first-order valence-corrected chi connectivity index (χ1v) is 17.5. The summed E-state index contributed by atoms with van der Waals surface area (Å²) in [6, 6.07) is 0. The zero-order valence-corrected chi connectivity index (χ0v) is 28.7. The molecule has 2 atom stereocenters. The molecule has 0 aliphatic carbocycles. The topological polar surface area (TPSA) is 0 Å². The standard InChI is InChI=1S/C34H71P.BrH/c1-5-9-13-17-18-19-20-21-22-23-24-26-30-33(29-25-14-10-6-2)34(35,31-27-15-11-7-3)32-28-16-12-8-4;/h33H,5-32,35H2,1-4H3;1H. The molecule has 2 heteroatoms. The van der Waals surface area contributed by atoms with Crippen LogP contribution in [0.15, 0.2) is 0 Å². The molecule has 0 nitrogen and oxygen atoms in total. The number of hydrogen-bond acceptors (Lipinski definition) is 0. The fourth-order valence-corrected chi connectivity index (χ4v) is 6.81. The molecule has 0 aliphatic heterocycles. The molecule has 0 aromatic rings. The molecule has 0 radical (unpaired) electrons. The van der Waals surface area contributed by atoms with Crippen LogP contribution >= 0.6 is 26.2 Å². The van der Waals surface area contributed by atoms with Crippen LogP contribution in [0.2, 0.25) is 0 Å². The zero-order valence-electron chi connectivity index (χ0n) is 25.9. The molecular formula is C34H72BrP. The Labute approximate surface area is 244 Å². The van der Waals surface area contributed by atoms with Gasteiger partial charge in [-0.05, 0) is 36.8 Å². The van der Waals surface area contributed by atoms with Crippen LogP contribution in [0, 0.1) is 5.92 Å². The molecule has 0 aromatic carbocycles. The summed E-state index contributed by atoms with van der Waals surface area (Å²) in [7, 11) is 3.49. The minimum Gasteiger partial charge on any atom is -0.131 e. The SMILES string of the molecule is Br.CCCCCCCCCCCCCCC(CCCCCC)C(P)(CCCCCC)CCCCCC. The van der Waals surface area contributed by atoms with Crippen molar-refractivity contribution < 1.29 is 0 Å². The van der Waals surface area contributed by atoms with E-state index in [1.54, 1.807) is 0 Å². The lowest BCUT2D eigenvalue weighted by Gasteiger charge is -2.39. The van der Waals surface area contributed by atoms with E-state index in [9.17, 15) is 0 Å². The second-order valence-electron chi connectivity index (χ2n) is 12.1.